The summed E-state index contributed by atoms with van der Waals surface area (Å²) >= 11 is 6.38. The second-order valence-electron chi connectivity index (χ2n) is 6.08. The standard InChI is InChI=1S/C16H22ClN3/c1-10-6-4-5-7-14(10)20-15(12(3)17)19-13-9-8-11(2)18-16(13)20/h8-10,12,14H,4-7H2,1-3H3. The number of aromatic nitrogens is 3. The van der Waals surface area contributed by atoms with Crippen LogP contribution in [0, 0.1) is 12.8 Å². The monoisotopic (exact) mass is 291 g/mol. The summed E-state index contributed by atoms with van der Waals surface area (Å²) in [4.78, 5) is 9.46. The van der Waals surface area contributed by atoms with Gasteiger partial charge in [-0.05, 0) is 44.7 Å². The smallest absolute Gasteiger partial charge is 0.160 e. The maximum absolute atomic E-state index is 6.38. The third-order valence-corrected chi connectivity index (χ3v) is 4.65. The summed E-state index contributed by atoms with van der Waals surface area (Å²) in [5.41, 5.74) is 3.01. The molecule has 3 atom stereocenters. The van der Waals surface area contributed by atoms with Crippen LogP contribution in [0.25, 0.3) is 11.2 Å². The Morgan fingerprint density at radius 1 is 1.25 bits per heavy atom. The Kier molecular flexibility index (Phi) is 3.72. The molecule has 0 amide bonds. The SMILES string of the molecule is Cc1ccc2nc(C(C)Cl)n(C3CCCCC3C)c2n1. The summed E-state index contributed by atoms with van der Waals surface area (Å²) in [6.45, 7) is 6.37. The Labute approximate surface area is 125 Å². The highest BCUT2D eigenvalue weighted by atomic mass is 35.5. The molecule has 0 aromatic carbocycles. The molecule has 0 radical (unpaired) electrons. The van der Waals surface area contributed by atoms with Crippen molar-refractivity contribution in [1.82, 2.24) is 14.5 Å². The number of aryl methyl sites for hydroxylation is 1. The molecule has 3 unspecified atom stereocenters. The summed E-state index contributed by atoms with van der Waals surface area (Å²) in [6.07, 6.45) is 5.12. The number of rotatable bonds is 2. The summed E-state index contributed by atoms with van der Waals surface area (Å²) in [7, 11) is 0. The summed E-state index contributed by atoms with van der Waals surface area (Å²) in [5.74, 6) is 1.64. The van der Waals surface area contributed by atoms with Crippen LogP contribution in [-0.2, 0) is 0 Å². The van der Waals surface area contributed by atoms with Gasteiger partial charge in [-0.3, -0.25) is 0 Å². The molecule has 0 saturated heterocycles. The van der Waals surface area contributed by atoms with Crippen molar-refractivity contribution in [2.75, 3.05) is 0 Å². The highest BCUT2D eigenvalue weighted by Gasteiger charge is 2.28. The second-order valence-corrected chi connectivity index (χ2v) is 6.74. The van der Waals surface area contributed by atoms with Crippen molar-refractivity contribution in [3.8, 4) is 0 Å². The molecule has 108 valence electrons. The number of imidazole rings is 1. The first kappa shape index (κ1) is 13.9. The Morgan fingerprint density at radius 2 is 2.00 bits per heavy atom. The molecule has 0 spiro atoms. The van der Waals surface area contributed by atoms with E-state index in [-0.39, 0.29) is 5.38 Å². The normalized spacial score (nSPS) is 25.0. The van der Waals surface area contributed by atoms with E-state index in [0.29, 0.717) is 12.0 Å². The van der Waals surface area contributed by atoms with Crippen molar-refractivity contribution in [2.45, 2.75) is 57.9 Å². The average molecular weight is 292 g/mol. The van der Waals surface area contributed by atoms with E-state index < -0.39 is 0 Å². The Balaban J connectivity index is 2.19. The molecule has 0 aliphatic heterocycles. The van der Waals surface area contributed by atoms with Gasteiger partial charge >= 0.3 is 0 Å². The van der Waals surface area contributed by atoms with Crippen molar-refractivity contribution in [3.63, 3.8) is 0 Å². The lowest BCUT2D eigenvalue weighted by Crippen LogP contribution is -2.23. The average Bonchev–Trinajstić information content (AvgIpc) is 2.78. The predicted molar refractivity (Wildman–Crippen MR) is 83.2 cm³/mol. The van der Waals surface area contributed by atoms with Crippen molar-refractivity contribution in [1.29, 1.82) is 0 Å². The van der Waals surface area contributed by atoms with Gasteiger partial charge in [-0.2, -0.15) is 0 Å². The fraction of sp³-hybridized carbons (Fsp3) is 0.625. The van der Waals surface area contributed by atoms with Crippen molar-refractivity contribution < 1.29 is 0 Å². The zero-order valence-electron chi connectivity index (χ0n) is 12.4. The van der Waals surface area contributed by atoms with E-state index in [0.717, 1.165) is 22.7 Å². The summed E-state index contributed by atoms with van der Waals surface area (Å²) in [6, 6.07) is 4.57. The van der Waals surface area contributed by atoms with E-state index in [4.69, 9.17) is 21.6 Å². The molecule has 2 aromatic rings. The van der Waals surface area contributed by atoms with Crippen LogP contribution in [0.4, 0.5) is 0 Å². The fourth-order valence-electron chi connectivity index (χ4n) is 3.37. The minimum Gasteiger partial charge on any atom is -0.308 e. The fourth-order valence-corrected chi connectivity index (χ4v) is 3.53. The first-order chi connectivity index (χ1) is 9.58. The molecule has 0 bridgehead atoms. The van der Waals surface area contributed by atoms with E-state index in [1.165, 1.54) is 25.7 Å². The first-order valence-electron chi connectivity index (χ1n) is 7.57. The number of hydrogen-bond acceptors (Lipinski definition) is 2. The number of halogens is 1. The number of pyridine rings is 1. The van der Waals surface area contributed by atoms with Crippen molar-refractivity contribution in [3.05, 3.63) is 23.7 Å². The van der Waals surface area contributed by atoms with E-state index in [1.807, 2.05) is 19.9 Å². The number of fused-ring (bicyclic) bond motifs is 1. The summed E-state index contributed by atoms with van der Waals surface area (Å²) < 4.78 is 2.32. The zero-order chi connectivity index (χ0) is 14.3. The second kappa shape index (κ2) is 5.36. The van der Waals surface area contributed by atoms with Crippen LogP contribution in [-0.4, -0.2) is 14.5 Å². The van der Waals surface area contributed by atoms with Gasteiger partial charge in [0.15, 0.2) is 5.65 Å². The van der Waals surface area contributed by atoms with Gasteiger partial charge in [0.1, 0.15) is 11.3 Å². The molecule has 2 aromatic heterocycles. The van der Waals surface area contributed by atoms with Gasteiger partial charge in [0.05, 0.1) is 5.38 Å². The molecule has 1 saturated carbocycles. The number of hydrogen-bond donors (Lipinski definition) is 0. The third-order valence-electron chi connectivity index (χ3n) is 4.46. The quantitative estimate of drug-likeness (QED) is 0.745. The highest BCUT2D eigenvalue weighted by Crippen LogP contribution is 2.38. The molecule has 1 fully saturated rings. The van der Waals surface area contributed by atoms with Crippen LogP contribution >= 0.6 is 11.6 Å². The minimum atomic E-state index is -0.0846. The molecule has 3 rings (SSSR count). The van der Waals surface area contributed by atoms with E-state index in [2.05, 4.69) is 17.6 Å². The molecule has 3 nitrogen and oxygen atoms in total. The highest BCUT2D eigenvalue weighted by molar-refractivity contribution is 6.20. The lowest BCUT2D eigenvalue weighted by atomic mass is 9.85. The molecule has 1 aliphatic carbocycles. The van der Waals surface area contributed by atoms with Crippen molar-refractivity contribution in [2.24, 2.45) is 5.92 Å². The molecule has 20 heavy (non-hydrogen) atoms. The molecular weight excluding hydrogens is 270 g/mol. The minimum absolute atomic E-state index is 0.0846. The third kappa shape index (κ3) is 2.32. The maximum atomic E-state index is 6.38. The van der Waals surface area contributed by atoms with Crippen molar-refractivity contribution >= 4 is 22.8 Å². The Bertz CT molecular complexity index is 617. The zero-order valence-corrected chi connectivity index (χ0v) is 13.2. The van der Waals surface area contributed by atoms with Crippen LogP contribution in [0.15, 0.2) is 12.1 Å². The molecule has 0 N–H and O–H groups in total. The Morgan fingerprint density at radius 3 is 2.70 bits per heavy atom. The maximum Gasteiger partial charge on any atom is 0.160 e. The first-order valence-corrected chi connectivity index (χ1v) is 8.01. The van der Waals surface area contributed by atoms with Crippen LogP contribution in [0.1, 0.15) is 62.5 Å². The van der Waals surface area contributed by atoms with Crippen LogP contribution in [0.3, 0.4) is 0 Å². The topological polar surface area (TPSA) is 30.7 Å². The molecular formula is C16H22ClN3. The van der Waals surface area contributed by atoms with Gasteiger partial charge in [-0.25, -0.2) is 9.97 Å². The van der Waals surface area contributed by atoms with E-state index >= 15 is 0 Å². The van der Waals surface area contributed by atoms with Gasteiger partial charge in [0, 0.05) is 11.7 Å². The van der Waals surface area contributed by atoms with E-state index in [1.54, 1.807) is 0 Å². The number of alkyl halides is 1. The predicted octanol–water partition coefficient (Wildman–Crippen LogP) is 4.79. The van der Waals surface area contributed by atoms with Crippen LogP contribution in [0.5, 0.6) is 0 Å². The van der Waals surface area contributed by atoms with Crippen LogP contribution < -0.4 is 0 Å². The van der Waals surface area contributed by atoms with Gasteiger partial charge in [-0.1, -0.05) is 19.8 Å². The summed E-state index contributed by atoms with van der Waals surface area (Å²) in [5, 5.41) is -0.0846. The van der Waals surface area contributed by atoms with Gasteiger partial charge < -0.3 is 4.57 Å². The largest absolute Gasteiger partial charge is 0.308 e. The lowest BCUT2D eigenvalue weighted by Gasteiger charge is -2.31. The molecule has 1 aliphatic rings. The van der Waals surface area contributed by atoms with Gasteiger partial charge in [-0.15, -0.1) is 11.6 Å². The van der Waals surface area contributed by atoms with Gasteiger partial charge in [0.25, 0.3) is 0 Å². The number of nitrogens with zero attached hydrogens (tertiary/aromatic N) is 3. The Hall–Kier alpha value is -1.09. The molecule has 2 heterocycles. The lowest BCUT2D eigenvalue weighted by molar-refractivity contribution is 0.256. The molecule has 4 heteroatoms. The van der Waals surface area contributed by atoms with Crippen LogP contribution in [0.2, 0.25) is 0 Å². The van der Waals surface area contributed by atoms with E-state index in [9.17, 15) is 0 Å². The van der Waals surface area contributed by atoms with Gasteiger partial charge in [0.2, 0.25) is 0 Å².